The highest BCUT2D eigenvalue weighted by Crippen LogP contribution is 2.31. The molecule has 15 heavy (non-hydrogen) atoms. The molecule has 1 atom stereocenters. The number of likely N-dealkylation sites (N-methyl/N-ethyl adjacent to an activating group) is 1. The molecule has 0 spiro atoms. The van der Waals surface area contributed by atoms with Crippen LogP contribution in [0.3, 0.4) is 0 Å². The van der Waals surface area contributed by atoms with Crippen LogP contribution in [0.1, 0.15) is 33.0 Å². The predicted octanol–water partition coefficient (Wildman–Crippen LogP) is 2.59. The Balaban J connectivity index is 2.32. The van der Waals surface area contributed by atoms with Crippen LogP contribution in [0, 0.1) is 0 Å². The lowest BCUT2D eigenvalue weighted by molar-refractivity contribution is 0.412. The van der Waals surface area contributed by atoms with Crippen LogP contribution >= 0.6 is 0 Å². The molecule has 1 unspecified atom stereocenters. The molecule has 2 nitrogen and oxygen atoms in total. The van der Waals surface area contributed by atoms with E-state index in [0.29, 0.717) is 4.90 Å². The molecule has 1 saturated heterocycles. The maximum Gasteiger partial charge on any atom is 0.0819 e. The third-order valence-electron chi connectivity index (χ3n) is 2.39. The predicted molar refractivity (Wildman–Crippen MR) is 63.2 cm³/mol. The van der Waals surface area contributed by atoms with E-state index >= 15 is 0 Å². The molecule has 1 aromatic carbocycles. The van der Waals surface area contributed by atoms with Crippen molar-refractivity contribution in [3.8, 4) is 0 Å². The minimum Gasteiger partial charge on any atom is -0.361 e. The van der Waals surface area contributed by atoms with Gasteiger partial charge in [-0.1, -0.05) is 18.1 Å². The Bertz CT molecular complexity index is 888. The molecule has 0 radical (unpaired) electrons. The highest BCUT2D eigenvalue weighted by Gasteiger charge is 2.23. The molecule has 0 bridgehead atoms. The van der Waals surface area contributed by atoms with Gasteiger partial charge >= 0.3 is 0 Å². The zero-order chi connectivity index (χ0) is 19.8. The molecule has 0 aliphatic carbocycles. The van der Waals surface area contributed by atoms with Gasteiger partial charge in [0.15, 0.2) is 0 Å². The third kappa shape index (κ3) is 1.45. The van der Waals surface area contributed by atoms with E-state index in [9.17, 15) is 0 Å². The van der Waals surface area contributed by atoms with Crippen molar-refractivity contribution in [2.24, 2.45) is 0 Å². The summed E-state index contributed by atoms with van der Waals surface area (Å²) in [6.07, 6.45) is -0.777. The monoisotopic (exact) mass is 211 g/mol. The van der Waals surface area contributed by atoms with E-state index < -0.39 is 56.5 Å². The topological polar surface area (TPSA) is 19.0 Å². The van der Waals surface area contributed by atoms with E-state index in [4.69, 9.17) is 15.1 Å². The van der Waals surface area contributed by atoms with Crippen LogP contribution in [0.2, 0.25) is 0 Å². The minimum absolute atomic E-state index is 0.0425. The number of likely N-dealkylation sites (tertiary alicyclic amines) is 1. The number of H-pyrrole nitrogens is 1. The lowest BCUT2D eigenvalue weighted by Gasteiger charge is -2.09. The Labute approximate surface area is 105 Å². The summed E-state index contributed by atoms with van der Waals surface area (Å²) in [5.74, 6) is -1.28. The SMILES string of the molecule is [2H]c1[nH]c2c([2H])c([2H])c([2H])c([2H])c2c1C1CC([2H])([2H])N(C([2H])[2H])C1([2H])[2H]. The number of aromatic amines is 1. The largest absolute Gasteiger partial charge is 0.361 e. The maximum absolute atomic E-state index is 8.28. The first-order valence-electron chi connectivity index (χ1n) is 10.2. The summed E-state index contributed by atoms with van der Waals surface area (Å²) >= 11 is 0. The van der Waals surface area contributed by atoms with Gasteiger partial charge in [0.05, 0.1) is 6.85 Å². The van der Waals surface area contributed by atoms with Gasteiger partial charge in [0.1, 0.15) is 0 Å². The fraction of sp³-hybridized carbons (Fsp3) is 0.385. The molecule has 1 N–H and O–H groups in total. The molecule has 0 saturated carbocycles. The first kappa shape index (κ1) is 3.11. The fourth-order valence-corrected chi connectivity index (χ4v) is 1.68. The fourth-order valence-electron chi connectivity index (χ4n) is 1.68. The van der Waals surface area contributed by atoms with Crippen LogP contribution in [-0.4, -0.2) is 29.9 Å². The first-order valence-corrected chi connectivity index (χ1v) is 4.54. The Hall–Kier alpha value is -1.28. The van der Waals surface area contributed by atoms with Crippen molar-refractivity contribution in [2.75, 3.05) is 20.0 Å². The lowest BCUT2D eigenvalue weighted by Crippen LogP contribution is -2.13. The molecular formula is C13H16N2. The van der Waals surface area contributed by atoms with Crippen molar-refractivity contribution in [2.45, 2.75) is 12.3 Å². The van der Waals surface area contributed by atoms with E-state index in [-0.39, 0.29) is 22.6 Å². The smallest absolute Gasteiger partial charge is 0.0819 e. The van der Waals surface area contributed by atoms with Gasteiger partial charge < -0.3 is 9.88 Å². The Morgan fingerprint density at radius 1 is 1.60 bits per heavy atom. The molecule has 2 heteroatoms. The number of fused-ring (bicyclic) bond motifs is 1. The van der Waals surface area contributed by atoms with E-state index in [0.717, 1.165) is 0 Å². The summed E-state index contributed by atoms with van der Waals surface area (Å²) < 4.78 is 87.3. The average Bonchev–Trinajstić information content (AvgIpc) is 2.93. The number of para-hydroxylation sites is 1. The maximum atomic E-state index is 8.28. The summed E-state index contributed by atoms with van der Waals surface area (Å²) in [4.78, 5) is 3.01. The van der Waals surface area contributed by atoms with Gasteiger partial charge in [-0.25, -0.2) is 0 Å². The van der Waals surface area contributed by atoms with Gasteiger partial charge in [-0.05, 0) is 37.4 Å². The number of nitrogens with one attached hydrogen (secondary N) is 1. The minimum atomic E-state index is -2.49. The number of aromatic nitrogens is 1. The summed E-state index contributed by atoms with van der Waals surface area (Å²) in [6.45, 7) is -6.72. The van der Waals surface area contributed by atoms with Gasteiger partial charge in [0.2, 0.25) is 0 Å². The van der Waals surface area contributed by atoms with Crippen LogP contribution in [0.15, 0.2) is 30.3 Å². The second kappa shape index (κ2) is 3.38. The van der Waals surface area contributed by atoms with Crippen molar-refractivity contribution in [1.29, 1.82) is 0 Å². The second-order valence-corrected chi connectivity index (χ2v) is 3.33. The molecule has 3 rings (SSSR count). The molecule has 1 aromatic heterocycles. The van der Waals surface area contributed by atoms with Crippen LogP contribution in [0.25, 0.3) is 10.9 Å². The van der Waals surface area contributed by atoms with E-state index in [1.807, 2.05) is 0 Å². The van der Waals surface area contributed by atoms with Crippen LogP contribution in [0.5, 0.6) is 0 Å². The molecule has 1 aliphatic rings. The lowest BCUT2D eigenvalue weighted by atomic mass is 9.98. The first-order chi connectivity index (χ1) is 11.8. The Morgan fingerprint density at radius 3 is 3.40 bits per heavy atom. The van der Waals surface area contributed by atoms with Gasteiger partial charge in [0.25, 0.3) is 0 Å². The van der Waals surface area contributed by atoms with Crippen LogP contribution < -0.4 is 0 Å². The molecule has 2 aromatic rings. The Morgan fingerprint density at radius 2 is 2.53 bits per heavy atom. The third-order valence-corrected chi connectivity index (χ3v) is 2.39. The average molecular weight is 211 g/mol. The van der Waals surface area contributed by atoms with Gasteiger partial charge in [-0.3, -0.25) is 0 Å². The highest BCUT2D eigenvalue weighted by atomic mass is 15.1. The molecule has 1 fully saturated rings. The van der Waals surface area contributed by atoms with Gasteiger partial charge in [-0.2, -0.15) is 0 Å². The normalized spacial score (nSPS) is 40.1. The van der Waals surface area contributed by atoms with Crippen molar-refractivity contribution < 1.29 is 15.1 Å². The van der Waals surface area contributed by atoms with Gasteiger partial charge in [0, 0.05) is 31.8 Å². The van der Waals surface area contributed by atoms with Gasteiger partial charge in [-0.15, -0.1) is 0 Å². The quantitative estimate of drug-likeness (QED) is 0.768. The Kier molecular flexibility index (Phi) is 0.702. The standard InChI is InChI=1S/C13H16N2/c1-15-7-6-10(9-15)12-8-14-13-5-3-2-4-11(12)13/h2-5,8,10,14H,6-7,9H2,1H3/i1D2,2D,3D,4D,5D,7D2,8D,9D2. The molecule has 1 aliphatic heterocycles. The van der Waals surface area contributed by atoms with E-state index in [2.05, 4.69) is 4.98 Å². The number of benzene rings is 1. The molecule has 78 valence electrons. The number of nitrogens with zero attached hydrogens (tertiary/aromatic N) is 1. The molecule has 2 heterocycles. The zero-order valence-electron chi connectivity index (χ0n) is 18.8. The summed E-state index contributed by atoms with van der Waals surface area (Å²) in [5, 5.41) is -0.0564. The number of rotatable bonds is 1. The number of hydrogen-bond acceptors (Lipinski definition) is 1. The zero-order valence-corrected chi connectivity index (χ0v) is 7.81. The van der Waals surface area contributed by atoms with E-state index in [1.54, 1.807) is 0 Å². The highest BCUT2D eigenvalue weighted by molar-refractivity contribution is 5.83. The van der Waals surface area contributed by atoms with Crippen LogP contribution in [0.4, 0.5) is 0 Å². The van der Waals surface area contributed by atoms with Crippen molar-refractivity contribution in [3.05, 3.63) is 35.9 Å². The van der Waals surface area contributed by atoms with E-state index in [1.165, 1.54) is 0 Å². The summed E-state index contributed by atoms with van der Waals surface area (Å²) in [7, 11) is 0. The van der Waals surface area contributed by atoms with Crippen molar-refractivity contribution in [3.63, 3.8) is 0 Å². The van der Waals surface area contributed by atoms with Crippen molar-refractivity contribution >= 4 is 10.9 Å². The van der Waals surface area contributed by atoms with Crippen molar-refractivity contribution in [1.82, 2.24) is 9.88 Å². The second-order valence-electron chi connectivity index (χ2n) is 3.33. The number of hydrogen-bond donors (Lipinski definition) is 1. The molecular weight excluding hydrogens is 184 g/mol. The summed E-state index contributed by atoms with van der Waals surface area (Å²) in [6, 6.07) is -1.84. The summed E-state index contributed by atoms with van der Waals surface area (Å²) in [5.41, 5.74) is -0.108. The molecule has 0 amide bonds. The van der Waals surface area contributed by atoms with Crippen LogP contribution in [-0.2, 0) is 0 Å².